The highest BCUT2D eigenvalue weighted by atomic mass is 15.2. The Labute approximate surface area is 73.8 Å². The standard InChI is InChI=1S/C8H18N4/c9-1-3-11-5-7-12(4-2-10)8-6-11/h5,7H,1-4,6,8-10H2. The molecule has 1 aliphatic rings. The summed E-state index contributed by atoms with van der Waals surface area (Å²) < 4.78 is 0. The Hall–Kier alpha value is -0.740. The Balaban J connectivity index is 2.26. The fourth-order valence-corrected chi connectivity index (χ4v) is 1.30. The zero-order valence-corrected chi connectivity index (χ0v) is 7.45. The number of nitrogens with zero attached hydrogens (tertiary/aromatic N) is 2. The van der Waals surface area contributed by atoms with Crippen LogP contribution in [-0.2, 0) is 0 Å². The molecule has 0 atom stereocenters. The molecule has 0 aromatic heterocycles. The molecule has 0 bridgehead atoms. The number of rotatable bonds is 4. The fraction of sp³-hybridized carbons (Fsp3) is 0.750. The second-order valence-corrected chi connectivity index (χ2v) is 2.95. The first-order valence-electron chi connectivity index (χ1n) is 4.43. The van der Waals surface area contributed by atoms with Crippen LogP contribution in [-0.4, -0.2) is 49.1 Å². The van der Waals surface area contributed by atoms with Crippen LogP contribution in [0.25, 0.3) is 0 Å². The van der Waals surface area contributed by atoms with Crippen molar-refractivity contribution in [1.29, 1.82) is 0 Å². The van der Waals surface area contributed by atoms with Gasteiger partial charge in [0, 0.05) is 51.7 Å². The topological polar surface area (TPSA) is 58.5 Å². The molecule has 1 rings (SSSR count). The first-order valence-corrected chi connectivity index (χ1v) is 4.43. The highest BCUT2D eigenvalue weighted by Gasteiger charge is 2.07. The molecule has 0 radical (unpaired) electrons. The largest absolute Gasteiger partial charge is 0.373 e. The van der Waals surface area contributed by atoms with Gasteiger partial charge >= 0.3 is 0 Å². The van der Waals surface area contributed by atoms with Gasteiger partial charge in [0.15, 0.2) is 0 Å². The molecule has 1 heterocycles. The lowest BCUT2D eigenvalue weighted by atomic mass is 10.4. The van der Waals surface area contributed by atoms with Crippen LogP contribution in [0.15, 0.2) is 12.4 Å². The minimum atomic E-state index is 0.723. The molecule has 1 aliphatic heterocycles. The van der Waals surface area contributed by atoms with Crippen LogP contribution < -0.4 is 11.5 Å². The van der Waals surface area contributed by atoms with Crippen LogP contribution in [0.2, 0.25) is 0 Å². The third kappa shape index (κ3) is 2.71. The van der Waals surface area contributed by atoms with E-state index in [2.05, 4.69) is 22.2 Å². The van der Waals surface area contributed by atoms with Gasteiger partial charge in [-0.3, -0.25) is 0 Å². The first kappa shape index (κ1) is 9.35. The molecule has 70 valence electrons. The summed E-state index contributed by atoms with van der Waals surface area (Å²) in [5, 5.41) is 0. The van der Waals surface area contributed by atoms with Crippen LogP contribution in [0, 0.1) is 0 Å². The van der Waals surface area contributed by atoms with E-state index < -0.39 is 0 Å². The Bertz CT molecular complexity index is 130. The highest BCUT2D eigenvalue weighted by molar-refractivity contribution is 4.89. The Kier molecular flexibility index (Phi) is 3.90. The van der Waals surface area contributed by atoms with Gasteiger partial charge in [0.05, 0.1) is 0 Å². The smallest absolute Gasteiger partial charge is 0.0349 e. The van der Waals surface area contributed by atoms with E-state index in [0.29, 0.717) is 0 Å². The maximum absolute atomic E-state index is 5.44. The Morgan fingerprint density at radius 2 is 1.33 bits per heavy atom. The highest BCUT2D eigenvalue weighted by Crippen LogP contribution is 2.00. The first-order chi connectivity index (χ1) is 5.86. The van der Waals surface area contributed by atoms with E-state index in [4.69, 9.17) is 11.5 Å². The van der Waals surface area contributed by atoms with E-state index in [1.54, 1.807) is 0 Å². The van der Waals surface area contributed by atoms with E-state index >= 15 is 0 Å². The molecule has 0 saturated heterocycles. The van der Waals surface area contributed by atoms with Crippen molar-refractivity contribution in [3.05, 3.63) is 12.4 Å². The van der Waals surface area contributed by atoms with Gasteiger partial charge in [-0.15, -0.1) is 0 Å². The van der Waals surface area contributed by atoms with Crippen LogP contribution in [0.3, 0.4) is 0 Å². The number of hydrogen-bond acceptors (Lipinski definition) is 4. The van der Waals surface area contributed by atoms with Crippen molar-refractivity contribution in [3.63, 3.8) is 0 Å². The van der Waals surface area contributed by atoms with E-state index in [9.17, 15) is 0 Å². The lowest BCUT2D eigenvalue weighted by molar-refractivity contribution is 0.268. The summed E-state index contributed by atoms with van der Waals surface area (Å²) in [5.41, 5.74) is 10.9. The zero-order chi connectivity index (χ0) is 8.81. The van der Waals surface area contributed by atoms with Crippen LogP contribution in [0.5, 0.6) is 0 Å². The summed E-state index contributed by atoms with van der Waals surface area (Å²) in [6.45, 7) is 5.48. The van der Waals surface area contributed by atoms with Crippen molar-refractivity contribution < 1.29 is 0 Å². The Morgan fingerprint density at radius 1 is 0.917 bits per heavy atom. The second kappa shape index (κ2) is 5.00. The molecule has 0 aromatic rings. The van der Waals surface area contributed by atoms with Crippen LogP contribution >= 0.6 is 0 Å². The van der Waals surface area contributed by atoms with Gasteiger partial charge in [0.2, 0.25) is 0 Å². The quantitative estimate of drug-likeness (QED) is 0.568. The summed E-state index contributed by atoms with van der Waals surface area (Å²) in [6, 6.07) is 0. The van der Waals surface area contributed by atoms with Gasteiger partial charge in [0.1, 0.15) is 0 Å². The molecule has 12 heavy (non-hydrogen) atoms. The molecule has 0 aliphatic carbocycles. The van der Waals surface area contributed by atoms with E-state index in [-0.39, 0.29) is 0 Å². The average molecular weight is 170 g/mol. The van der Waals surface area contributed by atoms with Crippen LogP contribution in [0.4, 0.5) is 0 Å². The van der Waals surface area contributed by atoms with Crippen molar-refractivity contribution >= 4 is 0 Å². The van der Waals surface area contributed by atoms with Gasteiger partial charge in [-0.2, -0.15) is 0 Å². The predicted octanol–water partition coefficient (Wildman–Crippen LogP) is -1.01. The number of nitrogens with two attached hydrogens (primary N) is 2. The van der Waals surface area contributed by atoms with E-state index in [1.807, 2.05) is 0 Å². The monoisotopic (exact) mass is 170 g/mol. The van der Waals surface area contributed by atoms with Crippen molar-refractivity contribution in [3.8, 4) is 0 Å². The number of hydrogen-bond donors (Lipinski definition) is 2. The second-order valence-electron chi connectivity index (χ2n) is 2.95. The normalized spacial score (nSPS) is 17.2. The Morgan fingerprint density at radius 3 is 1.58 bits per heavy atom. The third-order valence-corrected chi connectivity index (χ3v) is 2.00. The molecular weight excluding hydrogens is 152 g/mol. The summed E-state index contributed by atoms with van der Waals surface area (Å²) >= 11 is 0. The molecule has 4 nitrogen and oxygen atoms in total. The summed E-state index contributed by atoms with van der Waals surface area (Å²) in [4.78, 5) is 4.46. The van der Waals surface area contributed by atoms with E-state index in [0.717, 1.165) is 39.3 Å². The molecule has 0 fully saturated rings. The van der Waals surface area contributed by atoms with E-state index in [1.165, 1.54) is 0 Å². The summed E-state index contributed by atoms with van der Waals surface area (Å²) in [6.07, 6.45) is 4.18. The zero-order valence-electron chi connectivity index (χ0n) is 7.45. The van der Waals surface area contributed by atoms with Crippen molar-refractivity contribution in [2.75, 3.05) is 39.3 Å². The van der Waals surface area contributed by atoms with Gasteiger partial charge in [-0.1, -0.05) is 0 Å². The molecule has 4 N–H and O–H groups in total. The minimum absolute atomic E-state index is 0.723. The molecular formula is C8H18N4. The van der Waals surface area contributed by atoms with Crippen LogP contribution in [0.1, 0.15) is 0 Å². The molecule has 4 heteroatoms. The molecule has 0 saturated carbocycles. The average Bonchev–Trinajstić information content (AvgIpc) is 2.09. The predicted molar refractivity (Wildman–Crippen MR) is 50.4 cm³/mol. The minimum Gasteiger partial charge on any atom is -0.373 e. The fourth-order valence-electron chi connectivity index (χ4n) is 1.30. The van der Waals surface area contributed by atoms with Crippen molar-refractivity contribution in [2.45, 2.75) is 0 Å². The van der Waals surface area contributed by atoms with Gasteiger partial charge in [0.25, 0.3) is 0 Å². The SMILES string of the molecule is NCCN1C=CN(CCN)CC1. The molecule has 0 spiro atoms. The molecule has 0 aromatic carbocycles. The maximum atomic E-state index is 5.44. The lowest BCUT2D eigenvalue weighted by Gasteiger charge is -2.30. The van der Waals surface area contributed by atoms with Gasteiger partial charge in [-0.25, -0.2) is 0 Å². The van der Waals surface area contributed by atoms with Crippen molar-refractivity contribution in [1.82, 2.24) is 9.80 Å². The summed E-state index contributed by atoms with van der Waals surface area (Å²) in [7, 11) is 0. The maximum Gasteiger partial charge on any atom is 0.0349 e. The third-order valence-electron chi connectivity index (χ3n) is 2.00. The van der Waals surface area contributed by atoms with Gasteiger partial charge in [-0.05, 0) is 0 Å². The van der Waals surface area contributed by atoms with Gasteiger partial charge < -0.3 is 21.3 Å². The van der Waals surface area contributed by atoms with Crippen molar-refractivity contribution in [2.24, 2.45) is 11.5 Å². The molecule has 0 unspecified atom stereocenters. The molecule has 0 amide bonds. The lowest BCUT2D eigenvalue weighted by Crippen LogP contribution is -2.38. The summed E-state index contributed by atoms with van der Waals surface area (Å²) in [5.74, 6) is 0.